The van der Waals surface area contributed by atoms with Gasteiger partial charge in [-0.3, -0.25) is 4.79 Å². The number of carbonyl (C=O) groups excluding carboxylic acids is 2. The summed E-state index contributed by atoms with van der Waals surface area (Å²) in [6.07, 6.45) is 5.35. The minimum atomic E-state index is -0.147. The van der Waals surface area contributed by atoms with E-state index in [2.05, 4.69) is 15.6 Å². The van der Waals surface area contributed by atoms with E-state index in [-0.39, 0.29) is 24.0 Å². The van der Waals surface area contributed by atoms with Crippen molar-refractivity contribution in [2.24, 2.45) is 0 Å². The van der Waals surface area contributed by atoms with Gasteiger partial charge >= 0.3 is 6.03 Å². The van der Waals surface area contributed by atoms with Gasteiger partial charge < -0.3 is 20.1 Å². The topological polar surface area (TPSA) is 79.3 Å². The summed E-state index contributed by atoms with van der Waals surface area (Å²) in [5.74, 6) is -0.0983. The molecule has 1 heterocycles. The van der Waals surface area contributed by atoms with E-state index in [0.717, 1.165) is 11.3 Å². The highest BCUT2D eigenvalue weighted by atomic mass is 16.2. The summed E-state index contributed by atoms with van der Waals surface area (Å²) in [6.45, 7) is 8.23. The van der Waals surface area contributed by atoms with Crippen molar-refractivity contribution in [2.45, 2.75) is 39.8 Å². The van der Waals surface area contributed by atoms with E-state index in [1.54, 1.807) is 17.4 Å². The predicted octanol–water partition coefficient (Wildman–Crippen LogP) is 2.49. The Kier molecular flexibility index (Phi) is 6.77. The van der Waals surface area contributed by atoms with E-state index in [4.69, 9.17) is 0 Å². The molecular weight excluding hydrogens is 330 g/mol. The van der Waals surface area contributed by atoms with Gasteiger partial charge in [-0.25, -0.2) is 9.78 Å². The molecule has 2 rings (SSSR count). The van der Waals surface area contributed by atoms with Gasteiger partial charge in [0, 0.05) is 44.1 Å². The summed E-state index contributed by atoms with van der Waals surface area (Å²) in [5.41, 5.74) is 2.00. The van der Waals surface area contributed by atoms with E-state index in [9.17, 15) is 9.59 Å². The van der Waals surface area contributed by atoms with Gasteiger partial charge in [0.2, 0.25) is 5.91 Å². The second-order valence-corrected chi connectivity index (χ2v) is 6.51. The Hall–Kier alpha value is -2.83. The molecule has 1 aromatic carbocycles. The molecule has 0 saturated heterocycles. The Bertz CT molecular complexity index is 727. The second-order valence-electron chi connectivity index (χ2n) is 6.51. The van der Waals surface area contributed by atoms with E-state index in [1.807, 2.05) is 55.8 Å². The largest absolute Gasteiger partial charge is 0.355 e. The van der Waals surface area contributed by atoms with Crippen LogP contribution in [0.3, 0.4) is 0 Å². The van der Waals surface area contributed by atoms with Gasteiger partial charge in [-0.15, -0.1) is 0 Å². The number of urea groups is 1. The van der Waals surface area contributed by atoms with Crippen molar-refractivity contribution in [3.05, 3.63) is 48.5 Å². The lowest BCUT2D eigenvalue weighted by Crippen LogP contribution is -2.47. The SMILES string of the molecule is CC(=O)NCCN(C(=O)NC(C)c1cccc(-n2ccnc2)c1)C(C)C. The highest BCUT2D eigenvalue weighted by Gasteiger charge is 2.19. The minimum Gasteiger partial charge on any atom is -0.355 e. The third-order valence-corrected chi connectivity index (χ3v) is 4.12. The molecule has 0 aliphatic carbocycles. The molecule has 2 aromatic rings. The summed E-state index contributed by atoms with van der Waals surface area (Å²) >= 11 is 0. The molecule has 1 aromatic heterocycles. The molecule has 7 nitrogen and oxygen atoms in total. The van der Waals surface area contributed by atoms with E-state index in [1.165, 1.54) is 6.92 Å². The summed E-state index contributed by atoms with van der Waals surface area (Å²) in [6, 6.07) is 7.72. The van der Waals surface area contributed by atoms with E-state index in [0.29, 0.717) is 13.1 Å². The number of rotatable bonds is 7. The number of hydrogen-bond donors (Lipinski definition) is 2. The van der Waals surface area contributed by atoms with Crippen molar-refractivity contribution in [1.29, 1.82) is 0 Å². The molecule has 0 aliphatic rings. The minimum absolute atomic E-state index is 0.0354. The molecule has 26 heavy (non-hydrogen) atoms. The van der Waals surface area contributed by atoms with Crippen LogP contribution in [0, 0.1) is 0 Å². The first kappa shape index (κ1) is 19.5. The van der Waals surface area contributed by atoms with Crippen LogP contribution in [0.15, 0.2) is 43.0 Å². The molecule has 1 atom stereocenters. The maximum atomic E-state index is 12.6. The highest BCUT2D eigenvalue weighted by Crippen LogP contribution is 2.17. The van der Waals surface area contributed by atoms with Gasteiger partial charge in [0.05, 0.1) is 12.4 Å². The zero-order valence-electron chi connectivity index (χ0n) is 15.8. The zero-order valence-corrected chi connectivity index (χ0v) is 15.8. The maximum Gasteiger partial charge on any atom is 0.318 e. The van der Waals surface area contributed by atoms with Crippen LogP contribution in [0.2, 0.25) is 0 Å². The second kappa shape index (κ2) is 9.03. The first-order valence-corrected chi connectivity index (χ1v) is 8.78. The average Bonchev–Trinajstić information content (AvgIpc) is 3.12. The number of nitrogens with one attached hydrogen (secondary N) is 2. The van der Waals surface area contributed by atoms with E-state index >= 15 is 0 Å². The van der Waals surface area contributed by atoms with Gasteiger partial charge in [-0.1, -0.05) is 12.1 Å². The van der Waals surface area contributed by atoms with Gasteiger partial charge in [-0.2, -0.15) is 0 Å². The molecule has 140 valence electrons. The third-order valence-electron chi connectivity index (χ3n) is 4.12. The lowest BCUT2D eigenvalue weighted by Gasteiger charge is -2.29. The Morgan fingerprint density at radius 1 is 1.27 bits per heavy atom. The van der Waals surface area contributed by atoms with Gasteiger partial charge in [-0.05, 0) is 38.5 Å². The number of hydrogen-bond acceptors (Lipinski definition) is 3. The average molecular weight is 357 g/mol. The molecule has 0 saturated carbocycles. The monoisotopic (exact) mass is 357 g/mol. The van der Waals surface area contributed by atoms with Crippen molar-refractivity contribution in [2.75, 3.05) is 13.1 Å². The Labute approximate surface area is 154 Å². The quantitative estimate of drug-likeness (QED) is 0.799. The summed E-state index contributed by atoms with van der Waals surface area (Å²) in [7, 11) is 0. The van der Waals surface area contributed by atoms with Crippen molar-refractivity contribution < 1.29 is 9.59 Å². The van der Waals surface area contributed by atoms with Crippen LogP contribution >= 0.6 is 0 Å². The first-order valence-electron chi connectivity index (χ1n) is 8.78. The molecule has 7 heteroatoms. The molecule has 1 unspecified atom stereocenters. The van der Waals surface area contributed by atoms with Crippen LogP contribution in [0.25, 0.3) is 5.69 Å². The van der Waals surface area contributed by atoms with Crippen molar-refractivity contribution >= 4 is 11.9 Å². The van der Waals surface area contributed by atoms with Crippen LogP contribution in [0.4, 0.5) is 4.79 Å². The van der Waals surface area contributed by atoms with Crippen LogP contribution in [0.1, 0.15) is 39.3 Å². The number of amides is 3. The molecule has 2 N–H and O–H groups in total. The van der Waals surface area contributed by atoms with E-state index < -0.39 is 0 Å². The predicted molar refractivity (Wildman–Crippen MR) is 101 cm³/mol. The summed E-state index contributed by atoms with van der Waals surface area (Å²) in [4.78, 5) is 29.4. The Balaban J connectivity index is 2.02. The number of benzene rings is 1. The lowest BCUT2D eigenvalue weighted by atomic mass is 10.1. The molecule has 0 bridgehead atoms. The fourth-order valence-electron chi connectivity index (χ4n) is 2.66. The zero-order chi connectivity index (χ0) is 19.1. The normalized spacial score (nSPS) is 11.9. The number of imidazole rings is 1. The first-order chi connectivity index (χ1) is 12.4. The van der Waals surface area contributed by atoms with Crippen LogP contribution in [0.5, 0.6) is 0 Å². The fourth-order valence-corrected chi connectivity index (χ4v) is 2.66. The Morgan fingerprint density at radius 2 is 2.04 bits per heavy atom. The third kappa shape index (κ3) is 5.34. The van der Waals surface area contributed by atoms with Crippen LogP contribution in [-0.2, 0) is 4.79 Å². The standard InChI is InChI=1S/C19H27N5O2/c1-14(2)24(11-9-21-16(4)25)19(26)22-15(3)17-6-5-7-18(12-17)23-10-8-20-13-23/h5-8,10,12-15H,9,11H2,1-4H3,(H,21,25)(H,22,26). The molecule has 0 aliphatic heterocycles. The van der Waals surface area contributed by atoms with Gasteiger partial charge in [0.25, 0.3) is 0 Å². The maximum absolute atomic E-state index is 12.6. The highest BCUT2D eigenvalue weighted by molar-refractivity contribution is 5.75. The van der Waals surface area contributed by atoms with Crippen molar-refractivity contribution in [3.63, 3.8) is 0 Å². The molecule has 0 radical (unpaired) electrons. The smallest absolute Gasteiger partial charge is 0.318 e. The van der Waals surface area contributed by atoms with Crippen molar-refractivity contribution in [3.8, 4) is 5.69 Å². The fraction of sp³-hybridized carbons (Fsp3) is 0.421. The van der Waals surface area contributed by atoms with Gasteiger partial charge in [0.15, 0.2) is 0 Å². The number of nitrogens with zero attached hydrogens (tertiary/aromatic N) is 3. The molecule has 0 fully saturated rings. The Morgan fingerprint density at radius 3 is 2.65 bits per heavy atom. The molecular formula is C19H27N5O2. The number of aromatic nitrogens is 2. The summed E-state index contributed by atoms with van der Waals surface area (Å²) in [5, 5.41) is 5.76. The van der Waals surface area contributed by atoms with Crippen LogP contribution in [-0.4, -0.2) is 45.5 Å². The molecule has 3 amide bonds. The van der Waals surface area contributed by atoms with Gasteiger partial charge in [0.1, 0.15) is 0 Å². The number of carbonyl (C=O) groups is 2. The van der Waals surface area contributed by atoms with Crippen LogP contribution < -0.4 is 10.6 Å². The molecule has 0 spiro atoms. The van der Waals surface area contributed by atoms with Crippen molar-refractivity contribution in [1.82, 2.24) is 25.1 Å². The lowest BCUT2D eigenvalue weighted by molar-refractivity contribution is -0.119. The summed E-state index contributed by atoms with van der Waals surface area (Å²) < 4.78 is 1.92.